The van der Waals surface area contributed by atoms with Crippen molar-refractivity contribution in [2.45, 2.75) is 9.79 Å². The summed E-state index contributed by atoms with van der Waals surface area (Å²) in [5.41, 5.74) is 1.83. The van der Waals surface area contributed by atoms with Crippen molar-refractivity contribution in [1.29, 1.82) is 10.5 Å². The molecule has 0 heterocycles. The molecule has 1 aromatic carbocycles. The maximum Gasteiger partial charge on any atom is 0.237 e. The molecule has 0 aliphatic rings. The van der Waals surface area contributed by atoms with Gasteiger partial charge in [-0.15, -0.1) is 0 Å². The minimum absolute atomic E-state index is 0.0290. The summed E-state index contributed by atoms with van der Waals surface area (Å²) in [6.45, 7) is 0. The van der Waals surface area contributed by atoms with E-state index in [9.17, 15) is 16.8 Å². The lowest BCUT2D eigenvalue weighted by Crippen LogP contribution is -2.05. The summed E-state index contributed by atoms with van der Waals surface area (Å²) >= 11 is 0. The normalized spacial score (nSPS) is 11.0. The summed E-state index contributed by atoms with van der Waals surface area (Å²) in [6, 6.07) is 6.33. The van der Waals surface area contributed by atoms with Crippen LogP contribution in [-0.4, -0.2) is 35.1 Å². The van der Waals surface area contributed by atoms with E-state index in [1.54, 1.807) is 0 Å². The van der Waals surface area contributed by atoms with Crippen molar-refractivity contribution in [1.82, 2.24) is 0 Å². The van der Waals surface area contributed by atoms with Gasteiger partial charge in [-0.25, -0.2) is 16.8 Å². The van der Waals surface area contributed by atoms with Crippen LogP contribution in [0.2, 0.25) is 0 Å². The van der Waals surface area contributed by atoms with Gasteiger partial charge in [0.1, 0.15) is 12.1 Å². The smallest absolute Gasteiger partial charge is 0.237 e. The van der Waals surface area contributed by atoms with E-state index in [1.165, 1.54) is 12.1 Å². The first-order valence-corrected chi connectivity index (χ1v) is 9.05. The summed E-state index contributed by atoms with van der Waals surface area (Å²) in [4.78, 5) is -0.447. The van der Waals surface area contributed by atoms with Gasteiger partial charge in [0.15, 0.2) is 19.7 Å². The van der Waals surface area contributed by atoms with Crippen LogP contribution in [0.25, 0.3) is 0 Å². The Balaban J connectivity index is 3.45. The maximum atomic E-state index is 11.6. The molecule has 1 rings (SSSR count). The average molecular weight is 326 g/mol. The molecule has 0 aromatic heterocycles. The van der Waals surface area contributed by atoms with E-state index < -0.39 is 25.4 Å². The maximum absolute atomic E-state index is 11.6. The molecule has 10 heteroatoms. The fourth-order valence-electron chi connectivity index (χ4n) is 1.26. The molecule has 0 atom stereocenters. The molecule has 1 N–H and O–H groups in total. The fourth-order valence-corrected chi connectivity index (χ4v) is 2.70. The van der Waals surface area contributed by atoms with E-state index in [2.05, 4.69) is 10.5 Å². The predicted molar refractivity (Wildman–Crippen MR) is 74.9 cm³/mol. The Labute approximate surface area is 122 Å². The number of hydrogen-bond acceptors (Lipinski definition) is 8. The number of anilines is 1. The van der Waals surface area contributed by atoms with Gasteiger partial charge in [-0.1, -0.05) is 0 Å². The summed E-state index contributed by atoms with van der Waals surface area (Å²) in [6.07, 6.45) is 1.86. The fraction of sp³-hybridized carbons (Fsp3) is 0.182. The number of benzene rings is 1. The van der Waals surface area contributed by atoms with Gasteiger partial charge in [0.05, 0.1) is 15.5 Å². The number of nitriles is 2. The molecule has 0 saturated heterocycles. The van der Waals surface area contributed by atoms with Crippen LogP contribution in [0, 0.1) is 22.7 Å². The van der Waals surface area contributed by atoms with Crippen LogP contribution >= 0.6 is 0 Å². The lowest BCUT2D eigenvalue weighted by atomic mass is 10.3. The molecule has 0 saturated carbocycles. The second-order valence-electron chi connectivity index (χ2n) is 4.03. The van der Waals surface area contributed by atoms with Crippen molar-refractivity contribution in [3.63, 3.8) is 0 Å². The van der Waals surface area contributed by atoms with Gasteiger partial charge in [0, 0.05) is 12.5 Å². The molecule has 0 bridgehead atoms. The number of nitrogens with zero attached hydrogens (tertiary/aromatic N) is 3. The van der Waals surface area contributed by atoms with Crippen LogP contribution in [0.5, 0.6) is 0 Å². The van der Waals surface area contributed by atoms with Crippen LogP contribution in [0.3, 0.4) is 0 Å². The molecule has 1 aromatic rings. The second kappa shape index (κ2) is 5.91. The highest BCUT2D eigenvalue weighted by molar-refractivity contribution is 7.91. The minimum atomic E-state index is -3.64. The second-order valence-corrected chi connectivity index (χ2v) is 8.06. The molecule has 0 unspecified atom stereocenters. The SMILES string of the molecule is CS(=O)(=O)c1cc(NN=C(C#N)C#N)cc(S(C)(=O)=O)c1. The van der Waals surface area contributed by atoms with Gasteiger partial charge in [-0.05, 0) is 18.2 Å². The van der Waals surface area contributed by atoms with Crippen LogP contribution in [0.4, 0.5) is 5.69 Å². The topological polar surface area (TPSA) is 140 Å². The summed E-state index contributed by atoms with van der Waals surface area (Å²) in [5.74, 6) is 0. The van der Waals surface area contributed by atoms with E-state index in [4.69, 9.17) is 10.5 Å². The van der Waals surface area contributed by atoms with E-state index in [0.29, 0.717) is 0 Å². The van der Waals surface area contributed by atoms with Crippen LogP contribution < -0.4 is 5.43 Å². The van der Waals surface area contributed by atoms with Gasteiger partial charge in [0.2, 0.25) is 5.71 Å². The van der Waals surface area contributed by atoms with Gasteiger partial charge >= 0.3 is 0 Å². The first-order chi connectivity index (χ1) is 9.57. The van der Waals surface area contributed by atoms with Crippen LogP contribution in [0.1, 0.15) is 0 Å². The minimum Gasteiger partial charge on any atom is -0.276 e. The third-order valence-electron chi connectivity index (χ3n) is 2.24. The number of nitrogens with one attached hydrogen (secondary N) is 1. The van der Waals surface area contributed by atoms with Crippen molar-refractivity contribution >= 4 is 31.1 Å². The van der Waals surface area contributed by atoms with E-state index in [1.807, 2.05) is 0 Å². The van der Waals surface area contributed by atoms with Crippen LogP contribution in [-0.2, 0) is 19.7 Å². The van der Waals surface area contributed by atoms with Crippen molar-refractivity contribution in [2.75, 3.05) is 17.9 Å². The lowest BCUT2D eigenvalue weighted by Gasteiger charge is -2.07. The Kier molecular flexibility index (Phi) is 4.68. The van der Waals surface area contributed by atoms with Gasteiger partial charge < -0.3 is 0 Å². The van der Waals surface area contributed by atoms with E-state index >= 15 is 0 Å². The molecule has 0 fully saturated rings. The Morgan fingerprint density at radius 1 is 1.00 bits per heavy atom. The van der Waals surface area contributed by atoms with E-state index in [0.717, 1.165) is 30.7 Å². The molecular formula is C11H10N4O4S2. The number of hydrogen-bond donors (Lipinski definition) is 1. The van der Waals surface area contributed by atoms with Crippen LogP contribution in [0.15, 0.2) is 33.1 Å². The molecule has 0 aliphatic heterocycles. The molecule has 0 aliphatic carbocycles. The van der Waals surface area contributed by atoms with Gasteiger partial charge in [-0.3, -0.25) is 5.43 Å². The Hall–Kier alpha value is -2.43. The number of rotatable bonds is 4. The highest BCUT2D eigenvalue weighted by atomic mass is 32.2. The largest absolute Gasteiger partial charge is 0.276 e. The summed E-state index contributed by atoms with van der Waals surface area (Å²) in [5, 5.41) is 20.5. The third-order valence-corrected chi connectivity index (χ3v) is 4.43. The molecule has 0 amide bonds. The Morgan fingerprint density at radius 2 is 1.43 bits per heavy atom. The highest BCUT2D eigenvalue weighted by Crippen LogP contribution is 2.22. The first kappa shape index (κ1) is 16.6. The Morgan fingerprint density at radius 3 is 1.76 bits per heavy atom. The number of hydrazone groups is 1. The zero-order chi connectivity index (χ0) is 16.3. The van der Waals surface area contributed by atoms with Crippen molar-refractivity contribution in [2.24, 2.45) is 5.10 Å². The quantitative estimate of drug-likeness (QED) is 0.620. The third kappa shape index (κ3) is 4.56. The van der Waals surface area contributed by atoms with Gasteiger partial charge in [-0.2, -0.15) is 15.6 Å². The number of sulfone groups is 2. The lowest BCUT2D eigenvalue weighted by molar-refractivity contribution is 0.600. The monoisotopic (exact) mass is 326 g/mol. The van der Waals surface area contributed by atoms with Crippen molar-refractivity contribution in [3.05, 3.63) is 18.2 Å². The first-order valence-electron chi connectivity index (χ1n) is 5.27. The zero-order valence-electron chi connectivity index (χ0n) is 11.0. The summed E-state index contributed by atoms with van der Waals surface area (Å²) < 4.78 is 46.2. The van der Waals surface area contributed by atoms with Crippen molar-refractivity contribution < 1.29 is 16.8 Å². The zero-order valence-corrected chi connectivity index (χ0v) is 12.7. The van der Waals surface area contributed by atoms with Gasteiger partial charge in [0.25, 0.3) is 0 Å². The molecule has 110 valence electrons. The molecule has 0 radical (unpaired) electrons. The molecule has 21 heavy (non-hydrogen) atoms. The predicted octanol–water partition coefficient (Wildman–Crippen LogP) is 0.309. The highest BCUT2D eigenvalue weighted by Gasteiger charge is 2.15. The molecule has 0 spiro atoms. The molecular weight excluding hydrogens is 316 g/mol. The Bertz CT molecular complexity index is 821. The molecule has 8 nitrogen and oxygen atoms in total. The summed E-state index contributed by atoms with van der Waals surface area (Å²) in [7, 11) is -7.28. The standard InChI is InChI=1S/C11H10N4O4S2/c1-20(16,17)10-3-8(14-15-9(6-12)7-13)4-11(5-10)21(2,18)19/h3-5,14H,1-2H3. The average Bonchev–Trinajstić information content (AvgIpc) is 2.37. The van der Waals surface area contributed by atoms with Crippen molar-refractivity contribution in [3.8, 4) is 12.1 Å². The van der Waals surface area contributed by atoms with E-state index in [-0.39, 0.29) is 15.5 Å².